The molecule has 0 bridgehead atoms. The van der Waals surface area contributed by atoms with E-state index in [1.807, 2.05) is 17.5 Å². The van der Waals surface area contributed by atoms with Gasteiger partial charge in [-0.05, 0) is 74.8 Å². The van der Waals surface area contributed by atoms with Gasteiger partial charge in [0, 0.05) is 23.5 Å². The normalized spacial score (nSPS) is 25.2. The molecule has 158 valence electrons. The standard InChI is InChI=1S/C24H28N2O3S/c27-21-9-8-18-23(28)22(13-17-6-4-12-30-17)29-24(18)19(21)15-25-14-16-5-3-11-26-10-2-1-7-20(16)26/h4,6,8-9,12-13,16,20,25,27H,1-3,5,7,10-11,14-15H2/b22-13+/t16-,20+/m0/s1. The van der Waals surface area contributed by atoms with Crippen LogP contribution in [-0.2, 0) is 6.54 Å². The number of thiophene rings is 1. The zero-order valence-electron chi connectivity index (χ0n) is 17.1. The molecule has 5 rings (SSSR count). The van der Waals surface area contributed by atoms with Crippen molar-refractivity contribution in [3.63, 3.8) is 0 Å². The Bertz CT molecular complexity index is 952. The van der Waals surface area contributed by atoms with Crippen LogP contribution in [0.3, 0.4) is 0 Å². The van der Waals surface area contributed by atoms with E-state index in [1.54, 1.807) is 29.5 Å². The molecule has 5 nitrogen and oxygen atoms in total. The maximum Gasteiger partial charge on any atom is 0.232 e. The molecular weight excluding hydrogens is 396 g/mol. The average Bonchev–Trinajstić information content (AvgIpc) is 3.38. The Kier molecular flexibility index (Phi) is 5.63. The van der Waals surface area contributed by atoms with Crippen molar-refractivity contribution in [3.8, 4) is 11.5 Å². The molecule has 0 aliphatic carbocycles. The number of hydrogen-bond donors (Lipinski definition) is 2. The Labute approximate surface area is 181 Å². The first-order valence-corrected chi connectivity index (χ1v) is 11.9. The lowest BCUT2D eigenvalue weighted by Crippen LogP contribution is -2.50. The van der Waals surface area contributed by atoms with Crippen LogP contribution in [0.5, 0.6) is 11.5 Å². The average molecular weight is 425 g/mol. The summed E-state index contributed by atoms with van der Waals surface area (Å²) in [6, 6.07) is 7.86. The van der Waals surface area contributed by atoms with E-state index in [9.17, 15) is 9.90 Å². The number of carbonyl (C=O) groups is 1. The van der Waals surface area contributed by atoms with E-state index in [2.05, 4.69) is 10.2 Å². The summed E-state index contributed by atoms with van der Waals surface area (Å²) in [6.45, 7) is 3.90. The number of fused-ring (bicyclic) bond motifs is 2. The van der Waals surface area contributed by atoms with E-state index >= 15 is 0 Å². The van der Waals surface area contributed by atoms with E-state index in [0.29, 0.717) is 41.1 Å². The van der Waals surface area contributed by atoms with Gasteiger partial charge in [0.05, 0.1) is 11.1 Å². The van der Waals surface area contributed by atoms with Crippen molar-refractivity contribution in [3.05, 3.63) is 51.4 Å². The van der Waals surface area contributed by atoms with Gasteiger partial charge in [0.2, 0.25) is 5.78 Å². The minimum absolute atomic E-state index is 0.121. The summed E-state index contributed by atoms with van der Waals surface area (Å²) in [6.07, 6.45) is 8.26. The first-order chi connectivity index (χ1) is 14.7. The molecule has 3 aliphatic heterocycles. The molecule has 4 heterocycles. The monoisotopic (exact) mass is 424 g/mol. The molecule has 0 spiro atoms. The zero-order chi connectivity index (χ0) is 20.5. The van der Waals surface area contributed by atoms with Gasteiger partial charge in [0.15, 0.2) is 5.76 Å². The van der Waals surface area contributed by atoms with Gasteiger partial charge in [-0.25, -0.2) is 0 Å². The minimum atomic E-state index is -0.121. The molecule has 2 aromatic rings. The van der Waals surface area contributed by atoms with Crippen LogP contribution in [-0.4, -0.2) is 41.5 Å². The van der Waals surface area contributed by atoms with Crippen LogP contribution in [0.25, 0.3) is 6.08 Å². The number of phenols is 1. The first kappa shape index (κ1) is 19.8. The highest BCUT2D eigenvalue weighted by atomic mass is 32.1. The summed E-state index contributed by atoms with van der Waals surface area (Å²) in [5.41, 5.74) is 1.20. The van der Waals surface area contributed by atoms with E-state index in [1.165, 1.54) is 45.2 Å². The van der Waals surface area contributed by atoms with E-state index in [0.717, 1.165) is 11.4 Å². The summed E-state index contributed by atoms with van der Waals surface area (Å²) in [7, 11) is 0. The summed E-state index contributed by atoms with van der Waals surface area (Å²) in [5.74, 6) is 1.52. The SMILES string of the molecule is O=C1/C(=C\c2cccs2)Oc2c1ccc(O)c2CNC[C@@H]1CCCN2CCCC[C@H]12. The number of aromatic hydroxyl groups is 1. The second kappa shape index (κ2) is 8.53. The van der Waals surface area contributed by atoms with Gasteiger partial charge in [-0.2, -0.15) is 0 Å². The smallest absolute Gasteiger partial charge is 0.232 e. The summed E-state index contributed by atoms with van der Waals surface area (Å²) < 4.78 is 5.94. The maximum atomic E-state index is 12.8. The Balaban J connectivity index is 1.29. The fraction of sp³-hybridized carbons (Fsp3) is 0.458. The van der Waals surface area contributed by atoms with Crippen molar-refractivity contribution < 1.29 is 14.6 Å². The fourth-order valence-corrected chi connectivity index (χ4v) is 5.81. The summed E-state index contributed by atoms with van der Waals surface area (Å²) in [4.78, 5) is 16.4. The lowest BCUT2D eigenvalue weighted by atomic mass is 9.83. The van der Waals surface area contributed by atoms with Crippen LogP contribution in [0.15, 0.2) is 35.4 Å². The van der Waals surface area contributed by atoms with E-state index < -0.39 is 0 Å². The summed E-state index contributed by atoms with van der Waals surface area (Å²) >= 11 is 1.56. The number of ketones is 1. The zero-order valence-corrected chi connectivity index (χ0v) is 17.9. The minimum Gasteiger partial charge on any atom is -0.507 e. The number of phenolic OH excluding ortho intramolecular Hbond substituents is 1. The van der Waals surface area contributed by atoms with Crippen molar-refractivity contribution >= 4 is 23.2 Å². The molecular formula is C24H28N2O3S. The lowest BCUT2D eigenvalue weighted by molar-refractivity contribution is 0.0593. The highest BCUT2D eigenvalue weighted by Gasteiger charge is 2.34. The third-order valence-corrected chi connectivity index (χ3v) is 7.49. The summed E-state index contributed by atoms with van der Waals surface area (Å²) in [5, 5.41) is 16.0. The second-order valence-electron chi connectivity index (χ2n) is 8.53. The second-order valence-corrected chi connectivity index (χ2v) is 9.51. The highest BCUT2D eigenvalue weighted by molar-refractivity contribution is 7.10. The molecule has 0 saturated carbocycles. The van der Waals surface area contributed by atoms with Crippen LogP contribution < -0.4 is 10.1 Å². The highest BCUT2D eigenvalue weighted by Crippen LogP contribution is 2.40. The Morgan fingerprint density at radius 2 is 2.10 bits per heavy atom. The molecule has 1 aromatic heterocycles. The molecule has 2 atom stereocenters. The molecule has 2 fully saturated rings. The van der Waals surface area contributed by atoms with E-state index in [-0.39, 0.29) is 11.5 Å². The fourth-order valence-electron chi connectivity index (χ4n) is 5.17. The number of allylic oxidation sites excluding steroid dienone is 1. The third kappa shape index (κ3) is 3.80. The van der Waals surface area contributed by atoms with E-state index in [4.69, 9.17) is 4.74 Å². The predicted octanol–water partition coefficient (Wildman–Crippen LogP) is 4.42. The Hall–Kier alpha value is -2.15. The number of benzene rings is 1. The molecule has 0 radical (unpaired) electrons. The number of nitrogens with zero attached hydrogens (tertiary/aromatic N) is 1. The Morgan fingerprint density at radius 3 is 2.97 bits per heavy atom. The van der Waals surface area contributed by atoms with Crippen LogP contribution in [0.4, 0.5) is 0 Å². The third-order valence-electron chi connectivity index (χ3n) is 6.67. The number of carbonyl (C=O) groups excluding carboxylic acids is 1. The van der Waals surface area contributed by atoms with Crippen molar-refractivity contribution in [1.29, 1.82) is 0 Å². The number of ether oxygens (including phenoxy) is 1. The van der Waals surface area contributed by atoms with Crippen molar-refractivity contribution in [2.75, 3.05) is 19.6 Å². The van der Waals surface area contributed by atoms with Gasteiger partial charge in [-0.3, -0.25) is 4.79 Å². The maximum absolute atomic E-state index is 12.8. The molecule has 6 heteroatoms. The van der Waals surface area contributed by atoms with Gasteiger partial charge >= 0.3 is 0 Å². The molecule has 2 N–H and O–H groups in total. The van der Waals surface area contributed by atoms with Crippen LogP contribution in [0, 0.1) is 5.92 Å². The largest absolute Gasteiger partial charge is 0.507 e. The van der Waals surface area contributed by atoms with Crippen molar-refractivity contribution in [2.24, 2.45) is 5.92 Å². The van der Waals surface area contributed by atoms with Gasteiger partial charge in [0.25, 0.3) is 0 Å². The van der Waals surface area contributed by atoms with Gasteiger partial charge in [0.1, 0.15) is 11.5 Å². The van der Waals surface area contributed by atoms with Crippen LogP contribution >= 0.6 is 11.3 Å². The molecule has 1 aromatic carbocycles. The quantitative estimate of drug-likeness (QED) is 0.696. The number of Topliss-reactive ketones (excluding diaryl/α,β-unsaturated/α-hetero) is 1. The van der Waals surface area contributed by atoms with Crippen LogP contribution in [0.2, 0.25) is 0 Å². The number of nitrogens with one attached hydrogen (secondary N) is 1. The van der Waals surface area contributed by atoms with Crippen molar-refractivity contribution in [2.45, 2.75) is 44.7 Å². The molecule has 0 amide bonds. The van der Waals surface area contributed by atoms with Gasteiger partial charge < -0.3 is 20.1 Å². The van der Waals surface area contributed by atoms with Gasteiger partial charge in [-0.1, -0.05) is 12.5 Å². The molecule has 3 aliphatic rings. The molecule has 2 saturated heterocycles. The lowest BCUT2D eigenvalue weighted by Gasteiger charge is -2.44. The van der Waals surface area contributed by atoms with Crippen LogP contribution in [0.1, 0.15) is 52.9 Å². The van der Waals surface area contributed by atoms with Crippen molar-refractivity contribution in [1.82, 2.24) is 10.2 Å². The predicted molar refractivity (Wildman–Crippen MR) is 119 cm³/mol. The molecule has 0 unspecified atom stereocenters. The Morgan fingerprint density at radius 1 is 1.20 bits per heavy atom. The number of piperidine rings is 2. The molecule has 30 heavy (non-hydrogen) atoms. The number of rotatable bonds is 5. The van der Waals surface area contributed by atoms with Gasteiger partial charge in [-0.15, -0.1) is 11.3 Å². The first-order valence-electron chi connectivity index (χ1n) is 11.0. The number of hydrogen-bond acceptors (Lipinski definition) is 6. The topological polar surface area (TPSA) is 61.8 Å².